The van der Waals surface area contributed by atoms with Gasteiger partial charge in [-0.2, -0.15) is 4.98 Å². The van der Waals surface area contributed by atoms with Gasteiger partial charge in [0.15, 0.2) is 0 Å². The summed E-state index contributed by atoms with van der Waals surface area (Å²) in [5.41, 5.74) is -0.466. The van der Waals surface area contributed by atoms with E-state index in [0.29, 0.717) is 11.8 Å². The minimum Gasteiger partial charge on any atom is -0.463 e. The number of likely N-dealkylation sites (tertiary alicyclic amines) is 1. The van der Waals surface area contributed by atoms with Crippen LogP contribution in [0, 0.1) is 0 Å². The van der Waals surface area contributed by atoms with Crippen LogP contribution in [0.4, 0.5) is 4.79 Å². The summed E-state index contributed by atoms with van der Waals surface area (Å²) in [5.74, 6) is 0. The number of hydrogen-bond acceptors (Lipinski definition) is 5. The zero-order valence-corrected chi connectivity index (χ0v) is 15.4. The second-order valence-electron chi connectivity index (χ2n) is 6.98. The van der Waals surface area contributed by atoms with Gasteiger partial charge in [-0.1, -0.05) is 11.6 Å². The third-order valence-electron chi connectivity index (χ3n) is 3.77. The fraction of sp³-hybridized carbons (Fsp3) is 0.706. The highest BCUT2D eigenvalue weighted by Gasteiger charge is 2.30. The van der Waals surface area contributed by atoms with E-state index >= 15 is 0 Å². The summed E-state index contributed by atoms with van der Waals surface area (Å²) in [6.45, 7) is 6.94. The van der Waals surface area contributed by atoms with Gasteiger partial charge in [0, 0.05) is 18.8 Å². The van der Waals surface area contributed by atoms with Gasteiger partial charge in [0.1, 0.15) is 10.8 Å². The highest BCUT2D eigenvalue weighted by Crippen LogP contribution is 2.23. The van der Waals surface area contributed by atoms with Crippen LogP contribution in [0.3, 0.4) is 0 Å². The lowest BCUT2D eigenvalue weighted by Gasteiger charge is -2.36. The molecule has 0 saturated carbocycles. The monoisotopic (exact) mass is 355 g/mol. The van der Waals surface area contributed by atoms with Gasteiger partial charge < -0.3 is 14.4 Å². The van der Waals surface area contributed by atoms with E-state index in [9.17, 15) is 4.79 Å². The first-order valence-electron chi connectivity index (χ1n) is 8.46. The molecule has 0 aromatic carbocycles. The first-order chi connectivity index (χ1) is 11.3. The molecular formula is C17H26ClN3O3. The van der Waals surface area contributed by atoms with Crippen LogP contribution in [0.25, 0.3) is 0 Å². The lowest BCUT2D eigenvalue weighted by molar-refractivity contribution is 0.00820. The molecule has 1 aliphatic rings. The minimum absolute atomic E-state index is 0.206. The molecule has 1 aromatic rings. The summed E-state index contributed by atoms with van der Waals surface area (Å²) in [5, 5.41) is 0.364. The van der Waals surface area contributed by atoms with Crippen LogP contribution >= 0.6 is 11.6 Å². The van der Waals surface area contributed by atoms with Crippen molar-refractivity contribution >= 4 is 17.7 Å². The van der Waals surface area contributed by atoms with Gasteiger partial charge in [0.2, 0.25) is 0 Å². The largest absolute Gasteiger partial charge is 0.463 e. The van der Waals surface area contributed by atoms with Crippen molar-refractivity contribution in [2.45, 2.75) is 64.5 Å². The Morgan fingerprint density at radius 1 is 1.42 bits per heavy atom. The fourth-order valence-electron chi connectivity index (χ4n) is 2.73. The number of amides is 1. The van der Waals surface area contributed by atoms with Crippen molar-refractivity contribution in [1.82, 2.24) is 14.9 Å². The number of ether oxygens (including phenoxy) is 2. The summed E-state index contributed by atoms with van der Waals surface area (Å²) >= 11 is 5.80. The van der Waals surface area contributed by atoms with Crippen LogP contribution in [0.1, 0.15) is 52.9 Å². The maximum Gasteiger partial charge on any atom is 0.410 e. The zero-order chi connectivity index (χ0) is 17.6. The Bertz CT molecular complexity index is 548. The number of nitrogens with zero attached hydrogens (tertiary/aromatic N) is 3. The van der Waals surface area contributed by atoms with Crippen molar-refractivity contribution in [3.05, 3.63) is 17.4 Å². The van der Waals surface area contributed by atoms with Crippen molar-refractivity contribution in [3.8, 4) is 6.01 Å². The molecule has 1 atom stereocenters. The molecule has 0 aliphatic carbocycles. The molecule has 2 rings (SSSR count). The molecule has 1 unspecified atom stereocenters. The Kier molecular flexibility index (Phi) is 6.66. The van der Waals surface area contributed by atoms with E-state index in [1.165, 1.54) is 0 Å². The highest BCUT2D eigenvalue weighted by molar-refractivity contribution is 6.29. The number of halogens is 1. The predicted molar refractivity (Wildman–Crippen MR) is 92.4 cm³/mol. The molecule has 1 saturated heterocycles. The Hall–Kier alpha value is -1.56. The maximum absolute atomic E-state index is 12.4. The minimum atomic E-state index is -0.466. The normalized spacial score (nSPS) is 18.3. The molecule has 7 heteroatoms. The van der Waals surface area contributed by atoms with Gasteiger partial charge in [-0.3, -0.25) is 0 Å². The average molecular weight is 356 g/mol. The zero-order valence-electron chi connectivity index (χ0n) is 14.6. The summed E-state index contributed by atoms with van der Waals surface area (Å²) in [7, 11) is 0. The molecule has 1 aliphatic heterocycles. The van der Waals surface area contributed by atoms with Crippen molar-refractivity contribution in [2.75, 3.05) is 13.2 Å². The molecular weight excluding hydrogens is 330 g/mol. The molecule has 1 fully saturated rings. The second-order valence-corrected chi connectivity index (χ2v) is 7.36. The topological polar surface area (TPSA) is 64.5 Å². The molecule has 1 aromatic heterocycles. The standard InChI is InChI=1S/C17H26ClN3O3/c1-17(2,3)24-16(22)21-11-5-4-7-13(21)8-6-12-23-15-19-10-9-14(18)20-15/h9-10,13H,4-8,11-12H2,1-3H3. The highest BCUT2D eigenvalue weighted by atomic mass is 35.5. The number of rotatable bonds is 5. The third-order valence-corrected chi connectivity index (χ3v) is 3.98. The Labute approximate surface area is 148 Å². The molecule has 0 spiro atoms. The molecule has 1 amide bonds. The lowest BCUT2D eigenvalue weighted by atomic mass is 9.98. The second kappa shape index (κ2) is 8.51. The van der Waals surface area contributed by atoms with Crippen molar-refractivity contribution in [1.29, 1.82) is 0 Å². The van der Waals surface area contributed by atoms with Crippen molar-refractivity contribution in [2.24, 2.45) is 0 Å². The van der Waals surface area contributed by atoms with E-state index < -0.39 is 5.60 Å². The summed E-state index contributed by atoms with van der Waals surface area (Å²) < 4.78 is 11.0. The van der Waals surface area contributed by atoms with Gasteiger partial charge >= 0.3 is 12.1 Å². The van der Waals surface area contributed by atoms with Crippen LogP contribution in [-0.4, -0.2) is 45.8 Å². The Balaban J connectivity index is 1.79. The summed E-state index contributed by atoms with van der Waals surface area (Å²) in [6, 6.07) is 2.10. The van der Waals surface area contributed by atoms with Gasteiger partial charge in [-0.15, -0.1) is 0 Å². The molecule has 0 N–H and O–H groups in total. The van der Waals surface area contributed by atoms with Crippen LogP contribution in [0.2, 0.25) is 5.15 Å². The van der Waals surface area contributed by atoms with Crippen LogP contribution in [-0.2, 0) is 4.74 Å². The molecule has 24 heavy (non-hydrogen) atoms. The smallest absolute Gasteiger partial charge is 0.410 e. The van der Waals surface area contributed by atoms with Gasteiger partial charge in [-0.05, 0) is 58.9 Å². The molecule has 0 radical (unpaired) electrons. The number of carbonyl (C=O) groups is 1. The van der Waals surface area contributed by atoms with E-state index in [1.54, 1.807) is 12.3 Å². The van der Waals surface area contributed by atoms with Crippen LogP contribution in [0.5, 0.6) is 6.01 Å². The molecule has 134 valence electrons. The molecule has 0 bridgehead atoms. The van der Waals surface area contributed by atoms with E-state index in [4.69, 9.17) is 21.1 Å². The number of hydrogen-bond donors (Lipinski definition) is 0. The first kappa shape index (κ1) is 18.8. The quantitative estimate of drug-likeness (QED) is 0.588. The Morgan fingerprint density at radius 3 is 2.92 bits per heavy atom. The van der Waals surface area contributed by atoms with Crippen molar-refractivity contribution in [3.63, 3.8) is 0 Å². The van der Waals surface area contributed by atoms with Crippen LogP contribution in [0.15, 0.2) is 12.3 Å². The molecule has 6 nitrogen and oxygen atoms in total. The lowest BCUT2D eigenvalue weighted by Crippen LogP contribution is -2.46. The SMILES string of the molecule is CC(C)(C)OC(=O)N1CCCCC1CCCOc1nccc(Cl)n1. The summed E-state index contributed by atoms with van der Waals surface area (Å²) in [4.78, 5) is 22.2. The van der Waals surface area contributed by atoms with Crippen LogP contribution < -0.4 is 4.74 Å². The average Bonchev–Trinajstić information content (AvgIpc) is 2.50. The summed E-state index contributed by atoms with van der Waals surface area (Å²) in [6.07, 6.45) is 6.22. The number of carbonyl (C=O) groups excluding carboxylic acids is 1. The van der Waals surface area contributed by atoms with Gasteiger partial charge in [0.25, 0.3) is 0 Å². The Morgan fingerprint density at radius 2 is 2.21 bits per heavy atom. The van der Waals surface area contributed by atoms with E-state index in [2.05, 4.69) is 9.97 Å². The first-order valence-corrected chi connectivity index (χ1v) is 8.84. The predicted octanol–water partition coefficient (Wildman–Crippen LogP) is 4.08. The van der Waals surface area contributed by atoms with Crippen molar-refractivity contribution < 1.29 is 14.3 Å². The third kappa shape index (κ3) is 6.15. The van der Waals surface area contributed by atoms with Gasteiger partial charge in [-0.25, -0.2) is 9.78 Å². The molecule has 2 heterocycles. The fourth-order valence-corrected chi connectivity index (χ4v) is 2.86. The van der Waals surface area contributed by atoms with E-state index in [1.807, 2.05) is 25.7 Å². The number of aromatic nitrogens is 2. The van der Waals surface area contributed by atoms with E-state index in [-0.39, 0.29) is 18.1 Å². The maximum atomic E-state index is 12.4. The van der Waals surface area contributed by atoms with E-state index in [0.717, 1.165) is 38.6 Å². The van der Waals surface area contributed by atoms with Gasteiger partial charge in [0.05, 0.1) is 6.61 Å². The number of piperidine rings is 1.